The van der Waals surface area contributed by atoms with E-state index in [2.05, 4.69) is 21.4 Å². The molecule has 2 N–H and O–H groups in total. The van der Waals surface area contributed by atoms with Crippen LogP contribution in [0.5, 0.6) is 0 Å². The predicted molar refractivity (Wildman–Crippen MR) is 92.7 cm³/mol. The Balaban J connectivity index is 1.51. The summed E-state index contributed by atoms with van der Waals surface area (Å²) in [6, 6.07) is 0. The number of hydrazine groups is 1. The summed E-state index contributed by atoms with van der Waals surface area (Å²) in [5, 5.41) is 7.50. The van der Waals surface area contributed by atoms with E-state index in [1.807, 2.05) is 5.01 Å². The molecule has 23 heavy (non-hydrogen) atoms. The SMILES string of the molecule is O=C(c1cnc[nH]1)N1CCCN1C(=S)NCCC1=CCCCC1. The number of thiocarbonyl (C=S) groups is 1. The number of carbonyl (C=O) groups is 1. The number of hydrogen-bond donors (Lipinski definition) is 2. The largest absolute Gasteiger partial charge is 0.361 e. The minimum absolute atomic E-state index is 0.0841. The van der Waals surface area contributed by atoms with E-state index in [1.165, 1.54) is 37.6 Å². The fourth-order valence-electron chi connectivity index (χ4n) is 3.10. The number of H-pyrrole nitrogens is 1. The number of carbonyl (C=O) groups excluding carboxylic acids is 1. The average molecular weight is 333 g/mol. The third kappa shape index (κ3) is 3.90. The highest BCUT2D eigenvalue weighted by molar-refractivity contribution is 7.80. The highest BCUT2D eigenvalue weighted by atomic mass is 32.1. The van der Waals surface area contributed by atoms with Gasteiger partial charge in [0, 0.05) is 19.6 Å². The third-order valence-corrected chi connectivity index (χ3v) is 4.69. The van der Waals surface area contributed by atoms with Gasteiger partial charge in [0.2, 0.25) is 0 Å². The van der Waals surface area contributed by atoms with E-state index in [0.717, 1.165) is 25.9 Å². The number of aromatic nitrogens is 2. The van der Waals surface area contributed by atoms with E-state index in [4.69, 9.17) is 12.2 Å². The quantitative estimate of drug-likeness (QED) is 0.653. The lowest BCUT2D eigenvalue weighted by molar-refractivity contribution is 0.0486. The van der Waals surface area contributed by atoms with Crippen molar-refractivity contribution in [1.82, 2.24) is 25.3 Å². The molecule has 2 aliphatic rings. The van der Waals surface area contributed by atoms with Gasteiger partial charge in [-0.3, -0.25) is 9.80 Å². The molecule has 0 aromatic carbocycles. The standard InChI is InChI=1S/C16H23N5OS/c22-15(14-11-17-12-19-14)20-9-4-10-21(20)16(23)18-8-7-13-5-2-1-3-6-13/h5,11-12H,1-4,6-10H2,(H,17,19)(H,18,23). The van der Waals surface area contributed by atoms with Gasteiger partial charge in [-0.05, 0) is 50.7 Å². The minimum Gasteiger partial charge on any atom is -0.361 e. The normalized spacial score (nSPS) is 18.0. The summed E-state index contributed by atoms with van der Waals surface area (Å²) < 4.78 is 0. The van der Waals surface area contributed by atoms with Crippen LogP contribution < -0.4 is 5.32 Å². The summed E-state index contributed by atoms with van der Waals surface area (Å²) in [5.74, 6) is -0.0841. The first kappa shape index (κ1) is 16.0. The summed E-state index contributed by atoms with van der Waals surface area (Å²) in [6.07, 6.45) is 12.4. The van der Waals surface area contributed by atoms with Gasteiger partial charge >= 0.3 is 0 Å². The Morgan fingerprint density at radius 1 is 1.30 bits per heavy atom. The van der Waals surface area contributed by atoms with Crippen molar-refractivity contribution in [2.24, 2.45) is 0 Å². The van der Waals surface area contributed by atoms with Crippen LogP contribution in [-0.4, -0.2) is 50.6 Å². The molecule has 2 heterocycles. The summed E-state index contributed by atoms with van der Waals surface area (Å²) in [7, 11) is 0. The van der Waals surface area contributed by atoms with Gasteiger partial charge in [-0.2, -0.15) is 0 Å². The Morgan fingerprint density at radius 2 is 2.17 bits per heavy atom. The number of allylic oxidation sites excluding steroid dienone is 1. The molecule has 1 aromatic rings. The molecule has 124 valence electrons. The first-order chi connectivity index (χ1) is 11.3. The molecule has 0 saturated carbocycles. The second kappa shape index (κ2) is 7.59. The summed E-state index contributed by atoms with van der Waals surface area (Å²) >= 11 is 5.48. The summed E-state index contributed by atoms with van der Waals surface area (Å²) in [6.45, 7) is 2.28. The Labute approximate surface area is 141 Å². The highest BCUT2D eigenvalue weighted by Gasteiger charge is 2.29. The molecule has 1 aliphatic carbocycles. The van der Waals surface area contributed by atoms with Gasteiger partial charge in [-0.15, -0.1) is 0 Å². The molecule has 1 amide bonds. The zero-order valence-electron chi connectivity index (χ0n) is 13.3. The lowest BCUT2D eigenvalue weighted by Gasteiger charge is -2.30. The van der Waals surface area contributed by atoms with Crippen LogP contribution in [-0.2, 0) is 0 Å². The molecular weight excluding hydrogens is 310 g/mol. The molecular formula is C16H23N5OS. The maximum atomic E-state index is 12.5. The fraction of sp³-hybridized carbons (Fsp3) is 0.562. The van der Waals surface area contributed by atoms with Crippen LogP contribution in [0.4, 0.5) is 0 Å². The van der Waals surface area contributed by atoms with E-state index >= 15 is 0 Å². The van der Waals surface area contributed by atoms with Crippen molar-refractivity contribution >= 4 is 23.2 Å². The van der Waals surface area contributed by atoms with Crippen LogP contribution >= 0.6 is 12.2 Å². The van der Waals surface area contributed by atoms with Gasteiger partial charge in [0.15, 0.2) is 5.11 Å². The Kier molecular flexibility index (Phi) is 5.27. The number of nitrogens with one attached hydrogen (secondary N) is 2. The monoisotopic (exact) mass is 333 g/mol. The van der Waals surface area contributed by atoms with Gasteiger partial charge in [0.05, 0.1) is 12.5 Å². The first-order valence-electron chi connectivity index (χ1n) is 8.29. The Morgan fingerprint density at radius 3 is 2.91 bits per heavy atom. The van der Waals surface area contributed by atoms with Gasteiger partial charge in [0.1, 0.15) is 5.69 Å². The zero-order valence-corrected chi connectivity index (χ0v) is 14.1. The number of amides is 1. The molecule has 0 unspecified atom stereocenters. The fourth-order valence-corrected chi connectivity index (χ4v) is 3.39. The Hall–Kier alpha value is -1.89. The molecule has 3 rings (SSSR count). The van der Waals surface area contributed by atoms with Crippen LogP contribution in [0.1, 0.15) is 49.0 Å². The van der Waals surface area contributed by atoms with Gasteiger partial charge in [-0.25, -0.2) is 9.99 Å². The van der Waals surface area contributed by atoms with Gasteiger partial charge in [0.25, 0.3) is 5.91 Å². The molecule has 6 nitrogen and oxygen atoms in total. The van der Waals surface area contributed by atoms with Gasteiger partial charge < -0.3 is 10.3 Å². The maximum absolute atomic E-state index is 12.5. The molecule has 0 atom stereocenters. The van der Waals surface area contributed by atoms with Crippen LogP contribution in [0, 0.1) is 0 Å². The average Bonchev–Trinajstić information content (AvgIpc) is 3.27. The van der Waals surface area contributed by atoms with E-state index in [9.17, 15) is 4.79 Å². The van der Waals surface area contributed by atoms with Crippen LogP contribution in [0.15, 0.2) is 24.2 Å². The lowest BCUT2D eigenvalue weighted by Crippen LogP contribution is -2.49. The molecule has 1 saturated heterocycles. The second-order valence-corrected chi connectivity index (χ2v) is 6.35. The smallest absolute Gasteiger partial charge is 0.290 e. The first-order valence-corrected chi connectivity index (χ1v) is 8.70. The predicted octanol–water partition coefficient (Wildman–Crippen LogP) is 2.24. The lowest BCUT2D eigenvalue weighted by atomic mass is 9.97. The molecule has 1 fully saturated rings. The maximum Gasteiger partial charge on any atom is 0.290 e. The van der Waals surface area contributed by atoms with Crippen molar-refractivity contribution in [3.8, 4) is 0 Å². The van der Waals surface area contributed by atoms with Crippen molar-refractivity contribution in [3.63, 3.8) is 0 Å². The minimum atomic E-state index is -0.0841. The van der Waals surface area contributed by atoms with E-state index in [1.54, 1.807) is 11.2 Å². The van der Waals surface area contributed by atoms with Crippen LogP contribution in [0.2, 0.25) is 0 Å². The molecule has 0 bridgehead atoms. The third-order valence-electron chi connectivity index (χ3n) is 4.34. The molecule has 7 heteroatoms. The summed E-state index contributed by atoms with van der Waals surface area (Å²) in [5.41, 5.74) is 2.02. The number of rotatable bonds is 4. The molecule has 1 aromatic heterocycles. The number of imidazole rings is 1. The van der Waals surface area contributed by atoms with Crippen LogP contribution in [0.3, 0.4) is 0 Å². The van der Waals surface area contributed by atoms with E-state index in [0.29, 0.717) is 17.4 Å². The van der Waals surface area contributed by atoms with Gasteiger partial charge in [-0.1, -0.05) is 11.6 Å². The van der Waals surface area contributed by atoms with Crippen molar-refractivity contribution in [2.45, 2.75) is 38.5 Å². The number of hydrogen-bond acceptors (Lipinski definition) is 3. The summed E-state index contributed by atoms with van der Waals surface area (Å²) in [4.78, 5) is 19.2. The van der Waals surface area contributed by atoms with Crippen molar-refractivity contribution in [1.29, 1.82) is 0 Å². The number of nitrogens with zero attached hydrogens (tertiary/aromatic N) is 3. The highest BCUT2D eigenvalue weighted by Crippen LogP contribution is 2.19. The van der Waals surface area contributed by atoms with Crippen molar-refractivity contribution < 1.29 is 4.79 Å². The zero-order chi connectivity index (χ0) is 16.1. The Bertz CT molecular complexity index is 583. The van der Waals surface area contributed by atoms with Crippen molar-refractivity contribution in [3.05, 3.63) is 29.9 Å². The molecule has 0 spiro atoms. The molecule has 1 aliphatic heterocycles. The van der Waals surface area contributed by atoms with E-state index in [-0.39, 0.29) is 5.91 Å². The topological polar surface area (TPSA) is 64.3 Å². The molecule has 0 radical (unpaired) electrons. The number of aromatic amines is 1. The van der Waals surface area contributed by atoms with Crippen LogP contribution in [0.25, 0.3) is 0 Å². The van der Waals surface area contributed by atoms with E-state index < -0.39 is 0 Å². The second-order valence-electron chi connectivity index (χ2n) is 5.96. The van der Waals surface area contributed by atoms with Crippen molar-refractivity contribution in [2.75, 3.05) is 19.6 Å².